The monoisotopic (exact) mass is 389 g/mol. The summed E-state index contributed by atoms with van der Waals surface area (Å²) in [6.45, 7) is 1.90. The lowest BCUT2D eigenvalue weighted by atomic mass is 9.75. The number of ether oxygens (including phenoxy) is 1. The van der Waals surface area contributed by atoms with Gasteiger partial charge in [0.1, 0.15) is 5.60 Å². The van der Waals surface area contributed by atoms with Gasteiger partial charge in [-0.3, -0.25) is 0 Å². The molecule has 2 atom stereocenters. The highest BCUT2D eigenvalue weighted by atomic mass is 16.5. The Balaban J connectivity index is 1.67. The molecule has 2 unspecified atom stereocenters. The van der Waals surface area contributed by atoms with Crippen molar-refractivity contribution in [2.24, 2.45) is 5.92 Å². The van der Waals surface area contributed by atoms with Gasteiger partial charge in [0.25, 0.3) is 0 Å². The van der Waals surface area contributed by atoms with Crippen LogP contribution in [0.3, 0.4) is 0 Å². The molecule has 0 bridgehead atoms. The zero-order chi connectivity index (χ0) is 19.7. The Labute approximate surface area is 175 Å². The maximum Gasteiger partial charge on any atom is 0.136 e. The van der Waals surface area contributed by atoms with Crippen molar-refractivity contribution in [3.8, 4) is 0 Å². The fourth-order valence-electron chi connectivity index (χ4n) is 6.21. The topological polar surface area (TPSA) is 14.2 Å². The Morgan fingerprint density at radius 1 is 0.700 bits per heavy atom. The minimum absolute atomic E-state index is 0.333. The van der Waals surface area contributed by atoms with E-state index in [2.05, 4.69) is 89.5 Å². The van der Waals surface area contributed by atoms with E-state index < -0.39 is 0 Å². The molecule has 2 aliphatic rings. The van der Waals surface area contributed by atoms with E-state index in [0.717, 1.165) is 26.0 Å². The van der Waals surface area contributed by atoms with Crippen LogP contribution in [-0.4, -0.2) is 11.2 Å². The molecule has 2 nitrogen and oxygen atoms in total. The van der Waals surface area contributed by atoms with Gasteiger partial charge in [-0.15, -0.1) is 0 Å². The van der Waals surface area contributed by atoms with Crippen LogP contribution < -0.4 is 0 Å². The van der Waals surface area contributed by atoms with Gasteiger partial charge in [-0.25, -0.2) is 0 Å². The minimum atomic E-state index is -0.333. The summed E-state index contributed by atoms with van der Waals surface area (Å²) in [5, 5.41) is 6.71. The summed E-state index contributed by atoms with van der Waals surface area (Å²) in [4.78, 5) is 0. The van der Waals surface area contributed by atoms with Gasteiger partial charge in [-0.2, -0.15) is 0 Å². The van der Waals surface area contributed by atoms with Gasteiger partial charge in [0.05, 0.1) is 11.2 Å². The molecule has 4 aromatic carbocycles. The van der Waals surface area contributed by atoms with Gasteiger partial charge < -0.3 is 9.30 Å². The number of nitrogens with zero attached hydrogens (tertiary/aromatic N) is 1. The quantitative estimate of drug-likeness (QED) is 0.293. The van der Waals surface area contributed by atoms with Crippen LogP contribution in [0.1, 0.15) is 24.1 Å². The zero-order valence-electron chi connectivity index (χ0n) is 16.8. The number of benzene rings is 4. The molecule has 0 saturated carbocycles. The SMILES string of the molecule is c1ccc(C23OCCC2CCn2c3cc3c4ccccc4c4ccccc4c32)cc1. The average molecular weight is 389 g/mol. The van der Waals surface area contributed by atoms with Crippen molar-refractivity contribution in [1.82, 2.24) is 4.57 Å². The minimum Gasteiger partial charge on any atom is -0.364 e. The lowest BCUT2D eigenvalue weighted by Gasteiger charge is -2.40. The summed E-state index contributed by atoms with van der Waals surface area (Å²) in [5.74, 6) is 0.536. The molecule has 1 fully saturated rings. The second kappa shape index (κ2) is 5.96. The van der Waals surface area contributed by atoms with Crippen molar-refractivity contribution in [1.29, 1.82) is 0 Å². The first-order valence-corrected chi connectivity index (χ1v) is 11.0. The van der Waals surface area contributed by atoms with Crippen molar-refractivity contribution in [3.05, 3.63) is 96.2 Å². The molecule has 0 N–H and O–H groups in total. The van der Waals surface area contributed by atoms with Crippen LogP contribution in [0.4, 0.5) is 0 Å². The van der Waals surface area contributed by atoms with Crippen LogP contribution in [0.25, 0.3) is 32.4 Å². The highest BCUT2D eigenvalue weighted by Gasteiger charge is 2.51. The Hall–Kier alpha value is -3.10. The number of hydrogen-bond donors (Lipinski definition) is 0. The van der Waals surface area contributed by atoms with Gasteiger partial charge in [0.15, 0.2) is 0 Å². The van der Waals surface area contributed by atoms with E-state index in [1.165, 1.54) is 43.7 Å². The van der Waals surface area contributed by atoms with Crippen LogP contribution in [0.5, 0.6) is 0 Å². The summed E-state index contributed by atoms with van der Waals surface area (Å²) in [6, 6.07) is 31.1. The van der Waals surface area contributed by atoms with Crippen LogP contribution in [0.2, 0.25) is 0 Å². The van der Waals surface area contributed by atoms with Crippen LogP contribution in [0.15, 0.2) is 84.9 Å². The van der Waals surface area contributed by atoms with E-state index in [0.29, 0.717) is 5.92 Å². The van der Waals surface area contributed by atoms with Crippen molar-refractivity contribution in [2.45, 2.75) is 25.0 Å². The molecule has 1 aromatic heterocycles. The highest BCUT2D eigenvalue weighted by molar-refractivity contribution is 6.24. The predicted octanol–water partition coefficient (Wildman–Crippen LogP) is 6.63. The fraction of sp³-hybridized carbons (Fsp3) is 0.214. The predicted molar refractivity (Wildman–Crippen MR) is 123 cm³/mol. The van der Waals surface area contributed by atoms with Crippen LogP contribution in [-0.2, 0) is 16.9 Å². The van der Waals surface area contributed by atoms with E-state index in [1.807, 2.05) is 0 Å². The average Bonchev–Trinajstić information content (AvgIpc) is 3.42. The number of fused-ring (bicyclic) bond motifs is 10. The smallest absolute Gasteiger partial charge is 0.136 e. The molecule has 0 aliphatic carbocycles. The van der Waals surface area contributed by atoms with E-state index in [4.69, 9.17) is 4.74 Å². The molecular weight excluding hydrogens is 366 g/mol. The number of aryl methyl sites for hydroxylation is 1. The van der Waals surface area contributed by atoms with Crippen molar-refractivity contribution in [3.63, 3.8) is 0 Å². The Morgan fingerprint density at radius 2 is 1.33 bits per heavy atom. The van der Waals surface area contributed by atoms with E-state index in [9.17, 15) is 0 Å². The number of aromatic nitrogens is 1. The lowest BCUT2D eigenvalue weighted by molar-refractivity contribution is -0.00836. The summed E-state index contributed by atoms with van der Waals surface area (Å²) in [5.41, 5.74) is 3.66. The maximum absolute atomic E-state index is 6.69. The molecule has 5 aromatic rings. The van der Waals surface area contributed by atoms with Gasteiger partial charge in [0.2, 0.25) is 0 Å². The maximum atomic E-state index is 6.69. The summed E-state index contributed by atoms with van der Waals surface area (Å²) < 4.78 is 9.26. The Bertz CT molecular complexity index is 1430. The third-order valence-electron chi connectivity index (χ3n) is 7.44. The Morgan fingerprint density at radius 3 is 2.10 bits per heavy atom. The molecule has 30 heavy (non-hydrogen) atoms. The van der Waals surface area contributed by atoms with Crippen molar-refractivity contribution < 1.29 is 4.74 Å². The number of hydrogen-bond acceptors (Lipinski definition) is 1. The third-order valence-corrected chi connectivity index (χ3v) is 7.44. The molecule has 2 heteroatoms. The number of rotatable bonds is 1. The van der Waals surface area contributed by atoms with Crippen molar-refractivity contribution >= 4 is 32.4 Å². The lowest BCUT2D eigenvalue weighted by Crippen LogP contribution is -2.40. The second-order valence-electron chi connectivity index (χ2n) is 8.76. The first-order chi connectivity index (χ1) is 14.9. The van der Waals surface area contributed by atoms with Gasteiger partial charge in [-0.1, -0.05) is 78.9 Å². The van der Waals surface area contributed by atoms with E-state index in [-0.39, 0.29) is 5.60 Å². The molecule has 0 spiro atoms. The first kappa shape index (κ1) is 16.7. The zero-order valence-corrected chi connectivity index (χ0v) is 16.8. The summed E-state index contributed by atoms with van der Waals surface area (Å²) >= 11 is 0. The molecule has 7 rings (SSSR count). The molecule has 146 valence electrons. The second-order valence-corrected chi connectivity index (χ2v) is 8.76. The molecule has 2 aliphatic heterocycles. The molecule has 1 saturated heterocycles. The highest BCUT2D eigenvalue weighted by Crippen LogP contribution is 2.53. The third kappa shape index (κ3) is 1.97. The van der Waals surface area contributed by atoms with Gasteiger partial charge in [0, 0.05) is 29.8 Å². The van der Waals surface area contributed by atoms with E-state index >= 15 is 0 Å². The van der Waals surface area contributed by atoms with Crippen molar-refractivity contribution in [2.75, 3.05) is 6.61 Å². The molecular formula is C28H23NO. The van der Waals surface area contributed by atoms with E-state index in [1.54, 1.807) is 0 Å². The summed E-state index contributed by atoms with van der Waals surface area (Å²) in [7, 11) is 0. The fourth-order valence-corrected chi connectivity index (χ4v) is 6.21. The molecule has 3 heterocycles. The van der Waals surface area contributed by atoms with Crippen LogP contribution >= 0.6 is 0 Å². The first-order valence-electron chi connectivity index (χ1n) is 11.0. The van der Waals surface area contributed by atoms with Gasteiger partial charge >= 0.3 is 0 Å². The van der Waals surface area contributed by atoms with Crippen LogP contribution in [0, 0.1) is 5.92 Å². The largest absolute Gasteiger partial charge is 0.364 e. The molecule has 0 amide bonds. The Kier molecular flexibility index (Phi) is 3.31. The summed E-state index contributed by atoms with van der Waals surface area (Å²) in [6.07, 6.45) is 2.30. The van der Waals surface area contributed by atoms with Gasteiger partial charge in [-0.05, 0) is 40.6 Å². The normalized spacial score (nSPS) is 23.1. The molecule has 0 radical (unpaired) electrons. The standard InChI is InChI=1S/C28H23NO/c1-2-8-19(9-3-1)28-20(15-17-30-28)14-16-29-26(28)18-25-23-12-5-4-10-21(23)22-11-6-7-13-24(22)27(25)29/h1-13,18,20H,14-17H2.